The zero-order chi connectivity index (χ0) is 13.0. The van der Waals surface area contributed by atoms with Gasteiger partial charge in [0.15, 0.2) is 0 Å². The fraction of sp³-hybridized carbons (Fsp3) is 0.308. The SMILES string of the molecule is C#CCNC(=O)N1CC(Oc2cccc(Br)c2)C1. The largest absolute Gasteiger partial charge is 0.487 e. The number of ether oxygens (including phenoxy) is 1. The molecule has 1 heterocycles. The second-order valence-corrected chi connectivity index (χ2v) is 4.88. The van der Waals surface area contributed by atoms with Crippen LogP contribution >= 0.6 is 15.9 Å². The molecule has 0 aliphatic carbocycles. The second-order valence-electron chi connectivity index (χ2n) is 3.97. The van der Waals surface area contributed by atoms with E-state index in [0.717, 1.165) is 10.2 Å². The molecule has 0 spiro atoms. The van der Waals surface area contributed by atoms with Crippen molar-refractivity contribution in [2.45, 2.75) is 6.10 Å². The highest BCUT2D eigenvalue weighted by Crippen LogP contribution is 2.21. The minimum absolute atomic E-state index is 0.0517. The fourth-order valence-electron chi connectivity index (χ4n) is 1.65. The van der Waals surface area contributed by atoms with E-state index in [9.17, 15) is 4.79 Å². The van der Waals surface area contributed by atoms with Crippen LogP contribution in [0.15, 0.2) is 28.7 Å². The standard InChI is InChI=1S/C13H13BrN2O2/c1-2-6-15-13(17)16-8-12(9-16)18-11-5-3-4-10(14)7-11/h1,3-5,7,12H,6,8-9H2,(H,15,17). The third-order valence-corrected chi connectivity index (χ3v) is 3.07. The van der Waals surface area contributed by atoms with E-state index in [1.54, 1.807) is 4.90 Å². The molecule has 0 bridgehead atoms. The van der Waals surface area contributed by atoms with Crippen LogP contribution in [0.4, 0.5) is 4.79 Å². The van der Waals surface area contributed by atoms with E-state index in [1.165, 1.54) is 0 Å². The van der Waals surface area contributed by atoms with Gasteiger partial charge >= 0.3 is 6.03 Å². The van der Waals surface area contributed by atoms with Gasteiger partial charge in [-0.25, -0.2) is 4.79 Å². The summed E-state index contributed by atoms with van der Waals surface area (Å²) in [6.07, 6.45) is 5.12. The summed E-state index contributed by atoms with van der Waals surface area (Å²) in [6.45, 7) is 1.43. The monoisotopic (exact) mass is 308 g/mol. The lowest BCUT2D eigenvalue weighted by Crippen LogP contribution is -2.58. The number of carbonyl (C=O) groups excluding carboxylic acids is 1. The lowest BCUT2D eigenvalue weighted by Gasteiger charge is -2.38. The molecule has 94 valence electrons. The molecule has 0 radical (unpaired) electrons. The molecule has 0 saturated carbocycles. The van der Waals surface area contributed by atoms with Crippen molar-refractivity contribution < 1.29 is 9.53 Å². The van der Waals surface area contributed by atoms with Crippen molar-refractivity contribution in [1.82, 2.24) is 10.2 Å². The first-order chi connectivity index (χ1) is 8.69. The number of benzene rings is 1. The number of terminal acetylenes is 1. The number of urea groups is 1. The maximum absolute atomic E-state index is 11.5. The quantitative estimate of drug-likeness (QED) is 0.866. The zero-order valence-corrected chi connectivity index (χ0v) is 11.3. The van der Waals surface area contributed by atoms with Crippen LogP contribution in [0.5, 0.6) is 5.75 Å². The molecular formula is C13H13BrN2O2. The summed E-state index contributed by atoms with van der Waals surface area (Å²) in [7, 11) is 0. The summed E-state index contributed by atoms with van der Waals surface area (Å²) in [5.41, 5.74) is 0. The van der Waals surface area contributed by atoms with Crippen LogP contribution in [0.1, 0.15) is 0 Å². The van der Waals surface area contributed by atoms with Gasteiger partial charge in [-0.05, 0) is 18.2 Å². The Labute approximate surface area is 114 Å². The molecule has 18 heavy (non-hydrogen) atoms. The number of amides is 2. The fourth-order valence-corrected chi connectivity index (χ4v) is 2.03. The molecule has 2 rings (SSSR count). The molecule has 1 N–H and O–H groups in total. The number of likely N-dealkylation sites (tertiary alicyclic amines) is 1. The van der Waals surface area contributed by atoms with Gasteiger partial charge in [-0.3, -0.25) is 0 Å². The average Bonchev–Trinajstić information content (AvgIpc) is 2.30. The second kappa shape index (κ2) is 5.78. The van der Waals surface area contributed by atoms with E-state index >= 15 is 0 Å². The maximum Gasteiger partial charge on any atom is 0.318 e. The molecule has 2 amide bonds. The Morgan fingerprint density at radius 3 is 3.06 bits per heavy atom. The van der Waals surface area contributed by atoms with Crippen LogP contribution in [0, 0.1) is 12.3 Å². The Hall–Kier alpha value is -1.67. The Morgan fingerprint density at radius 2 is 2.39 bits per heavy atom. The summed E-state index contributed by atoms with van der Waals surface area (Å²) >= 11 is 3.38. The van der Waals surface area contributed by atoms with Crippen LogP contribution in [0.3, 0.4) is 0 Å². The van der Waals surface area contributed by atoms with Gasteiger partial charge in [0, 0.05) is 4.47 Å². The van der Waals surface area contributed by atoms with Crippen LogP contribution < -0.4 is 10.1 Å². The Balaban J connectivity index is 1.76. The molecule has 0 atom stereocenters. The molecule has 1 aromatic carbocycles. The summed E-state index contributed by atoms with van der Waals surface area (Å²) < 4.78 is 6.70. The minimum atomic E-state index is -0.137. The topological polar surface area (TPSA) is 41.6 Å². The Morgan fingerprint density at radius 1 is 1.61 bits per heavy atom. The zero-order valence-electron chi connectivity index (χ0n) is 9.73. The molecule has 1 saturated heterocycles. The van der Waals surface area contributed by atoms with Gasteiger partial charge in [-0.2, -0.15) is 0 Å². The van der Waals surface area contributed by atoms with Gasteiger partial charge in [-0.1, -0.05) is 27.9 Å². The third-order valence-electron chi connectivity index (χ3n) is 2.58. The van der Waals surface area contributed by atoms with Crippen molar-refractivity contribution in [1.29, 1.82) is 0 Å². The molecule has 1 aromatic rings. The number of carbonyl (C=O) groups is 1. The smallest absolute Gasteiger partial charge is 0.318 e. The lowest BCUT2D eigenvalue weighted by atomic mass is 10.2. The van der Waals surface area contributed by atoms with E-state index in [1.807, 2.05) is 24.3 Å². The molecule has 1 aliphatic heterocycles. The number of hydrogen-bond donors (Lipinski definition) is 1. The van der Waals surface area contributed by atoms with Crippen LogP contribution in [0.2, 0.25) is 0 Å². The molecule has 0 aromatic heterocycles. The van der Waals surface area contributed by atoms with Crippen molar-refractivity contribution >= 4 is 22.0 Å². The predicted molar refractivity (Wildman–Crippen MR) is 72.4 cm³/mol. The average molecular weight is 309 g/mol. The van der Waals surface area contributed by atoms with E-state index < -0.39 is 0 Å². The molecular weight excluding hydrogens is 296 g/mol. The van der Waals surface area contributed by atoms with E-state index in [0.29, 0.717) is 13.1 Å². The van der Waals surface area contributed by atoms with Crippen LogP contribution in [-0.2, 0) is 0 Å². The molecule has 0 unspecified atom stereocenters. The summed E-state index contributed by atoms with van der Waals surface area (Å²) in [5, 5.41) is 2.62. The van der Waals surface area contributed by atoms with E-state index in [4.69, 9.17) is 11.2 Å². The summed E-state index contributed by atoms with van der Waals surface area (Å²) in [4.78, 5) is 13.2. The van der Waals surface area contributed by atoms with Crippen LogP contribution in [0.25, 0.3) is 0 Å². The number of nitrogens with one attached hydrogen (secondary N) is 1. The van der Waals surface area contributed by atoms with Gasteiger partial charge < -0.3 is 15.0 Å². The molecule has 5 heteroatoms. The number of halogens is 1. The number of hydrogen-bond acceptors (Lipinski definition) is 2. The summed E-state index contributed by atoms with van der Waals surface area (Å²) in [5.74, 6) is 3.17. The molecule has 1 fully saturated rings. The van der Waals surface area contributed by atoms with Crippen molar-refractivity contribution in [3.63, 3.8) is 0 Å². The minimum Gasteiger partial charge on any atom is -0.487 e. The highest BCUT2D eigenvalue weighted by Gasteiger charge is 2.31. The van der Waals surface area contributed by atoms with Crippen molar-refractivity contribution in [2.75, 3.05) is 19.6 Å². The highest BCUT2D eigenvalue weighted by atomic mass is 79.9. The van der Waals surface area contributed by atoms with Gasteiger partial charge in [-0.15, -0.1) is 6.42 Å². The van der Waals surface area contributed by atoms with Gasteiger partial charge in [0.1, 0.15) is 11.9 Å². The third kappa shape index (κ3) is 3.17. The number of rotatable bonds is 3. The van der Waals surface area contributed by atoms with Crippen molar-refractivity contribution in [3.05, 3.63) is 28.7 Å². The summed E-state index contributed by atoms with van der Waals surface area (Å²) in [6, 6.07) is 7.51. The maximum atomic E-state index is 11.5. The van der Waals surface area contributed by atoms with Gasteiger partial charge in [0.25, 0.3) is 0 Å². The van der Waals surface area contributed by atoms with Gasteiger partial charge in [0.2, 0.25) is 0 Å². The highest BCUT2D eigenvalue weighted by molar-refractivity contribution is 9.10. The first-order valence-electron chi connectivity index (χ1n) is 5.57. The Bertz CT molecular complexity index is 478. The Kier molecular flexibility index (Phi) is 4.11. The number of nitrogens with zero attached hydrogens (tertiary/aromatic N) is 1. The molecule has 4 nitrogen and oxygen atoms in total. The normalized spacial score (nSPS) is 14.6. The van der Waals surface area contributed by atoms with E-state index in [2.05, 4.69) is 27.2 Å². The lowest BCUT2D eigenvalue weighted by molar-refractivity contribution is 0.0448. The molecule has 1 aliphatic rings. The first kappa shape index (κ1) is 12.8. The first-order valence-corrected chi connectivity index (χ1v) is 6.37. The van der Waals surface area contributed by atoms with Crippen LogP contribution in [-0.4, -0.2) is 36.7 Å². The van der Waals surface area contributed by atoms with E-state index in [-0.39, 0.29) is 18.7 Å². The van der Waals surface area contributed by atoms with Crippen molar-refractivity contribution in [2.24, 2.45) is 0 Å². The van der Waals surface area contributed by atoms with Gasteiger partial charge in [0.05, 0.1) is 19.6 Å². The van der Waals surface area contributed by atoms with Crippen molar-refractivity contribution in [3.8, 4) is 18.1 Å². The predicted octanol–water partition coefficient (Wildman–Crippen LogP) is 1.85.